The second-order valence-corrected chi connectivity index (χ2v) is 5.66. The van der Waals surface area contributed by atoms with Crippen LogP contribution in [0.4, 0.5) is 0 Å². The number of hydrogen-bond acceptors (Lipinski definition) is 5. The molecule has 0 atom stereocenters. The number of aryl methyl sites for hydroxylation is 2. The Kier molecular flexibility index (Phi) is 6.57. The highest BCUT2D eigenvalue weighted by atomic mass is 16.5. The molecule has 0 unspecified atom stereocenters. The van der Waals surface area contributed by atoms with Crippen LogP contribution < -0.4 is 9.47 Å². The van der Waals surface area contributed by atoms with E-state index in [1.165, 1.54) is 7.11 Å². The standard InChI is InChI=1S/C20H22O5/c1-14-5-7-18(12-19(14)20(22)23-3)25-10-4-9-24-17-8-6-16(13-21)15(2)11-17/h5-8,11-13H,4,9-10H2,1-3H3. The minimum absolute atomic E-state index is 0.375. The average molecular weight is 342 g/mol. The van der Waals surface area contributed by atoms with E-state index in [-0.39, 0.29) is 5.97 Å². The van der Waals surface area contributed by atoms with Crippen LogP contribution in [0.5, 0.6) is 11.5 Å². The summed E-state index contributed by atoms with van der Waals surface area (Å²) in [5.74, 6) is 0.976. The molecule has 0 fully saturated rings. The summed E-state index contributed by atoms with van der Waals surface area (Å²) in [6.07, 6.45) is 1.52. The minimum atomic E-state index is -0.375. The van der Waals surface area contributed by atoms with Crippen LogP contribution in [0.3, 0.4) is 0 Å². The lowest BCUT2D eigenvalue weighted by Crippen LogP contribution is -2.07. The van der Waals surface area contributed by atoms with Crippen molar-refractivity contribution in [1.29, 1.82) is 0 Å². The van der Waals surface area contributed by atoms with Gasteiger partial charge in [-0.3, -0.25) is 4.79 Å². The van der Waals surface area contributed by atoms with Crippen LogP contribution in [0, 0.1) is 13.8 Å². The molecule has 0 aliphatic heterocycles. The first-order valence-electron chi connectivity index (χ1n) is 8.05. The second-order valence-electron chi connectivity index (χ2n) is 5.66. The number of aldehydes is 1. The van der Waals surface area contributed by atoms with Gasteiger partial charge in [0, 0.05) is 12.0 Å². The van der Waals surface area contributed by atoms with Gasteiger partial charge in [-0.05, 0) is 55.3 Å². The van der Waals surface area contributed by atoms with E-state index in [9.17, 15) is 9.59 Å². The summed E-state index contributed by atoms with van der Waals surface area (Å²) >= 11 is 0. The summed E-state index contributed by atoms with van der Waals surface area (Å²) in [4.78, 5) is 22.5. The first-order chi connectivity index (χ1) is 12.0. The van der Waals surface area contributed by atoms with Crippen molar-refractivity contribution in [3.05, 3.63) is 58.7 Å². The van der Waals surface area contributed by atoms with Crippen molar-refractivity contribution in [1.82, 2.24) is 0 Å². The largest absolute Gasteiger partial charge is 0.493 e. The van der Waals surface area contributed by atoms with Crippen LogP contribution in [-0.4, -0.2) is 32.6 Å². The molecular formula is C20H22O5. The Morgan fingerprint density at radius 2 is 1.60 bits per heavy atom. The molecule has 5 heteroatoms. The van der Waals surface area contributed by atoms with Crippen molar-refractivity contribution in [3.63, 3.8) is 0 Å². The Bertz CT molecular complexity index is 752. The van der Waals surface area contributed by atoms with Gasteiger partial charge in [0.1, 0.15) is 17.8 Å². The Labute approximate surface area is 147 Å². The van der Waals surface area contributed by atoms with E-state index < -0.39 is 0 Å². The van der Waals surface area contributed by atoms with Gasteiger partial charge in [-0.1, -0.05) is 6.07 Å². The molecule has 0 saturated heterocycles. The maximum Gasteiger partial charge on any atom is 0.338 e. The van der Waals surface area contributed by atoms with Gasteiger partial charge in [-0.15, -0.1) is 0 Å². The summed E-state index contributed by atoms with van der Waals surface area (Å²) in [5, 5.41) is 0. The highest BCUT2D eigenvalue weighted by Gasteiger charge is 2.10. The Morgan fingerprint density at radius 1 is 0.960 bits per heavy atom. The van der Waals surface area contributed by atoms with Gasteiger partial charge in [-0.25, -0.2) is 4.79 Å². The molecule has 0 N–H and O–H groups in total. The van der Waals surface area contributed by atoms with E-state index in [4.69, 9.17) is 14.2 Å². The molecule has 132 valence electrons. The molecule has 0 aliphatic rings. The van der Waals surface area contributed by atoms with Gasteiger partial charge < -0.3 is 14.2 Å². The van der Waals surface area contributed by atoms with E-state index in [1.54, 1.807) is 18.2 Å². The molecular weight excluding hydrogens is 320 g/mol. The van der Waals surface area contributed by atoms with Crippen molar-refractivity contribution < 1.29 is 23.8 Å². The van der Waals surface area contributed by atoms with Crippen molar-refractivity contribution in [2.45, 2.75) is 20.3 Å². The van der Waals surface area contributed by atoms with Gasteiger partial charge in [0.05, 0.1) is 25.9 Å². The molecule has 5 nitrogen and oxygen atoms in total. The number of hydrogen-bond donors (Lipinski definition) is 0. The van der Waals surface area contributed by atoms with Gasteiger partial charge in [0.2, 0.25) is 0 Å². The van der Waals surface area contributed by atoms with E-state index in [2.05, 4.69) is 0 Å². The van der Waals surface area contributed by atoms with Crippen LogP contribution in [0.1, 0.15) is 38.3 Å². The lowest BCUT2D eigenvalue weighted by atomic mass is 10.1. The lowest BCUT2D eigenvalue weighted by molar-refractivity contribution is 0.0599. The first kappa shape index (κ1) is 18.5. The molecule has 0 aliphatic carbocycles. The molecule has 2 rings (SSSR count). The SMILES string of the molecule is COC(=O)c1cc(OCCCOc2ccc(C=O)c(C)c2)ccc1C. The monoisotopic (exact) mass is 342 g/mol. The molecule has 2 aromatic rings. The van der Waals surface area contributed by atoms with Crippen molar-refractivity contribution in [3.8, 4) is 11.5 Å². The third-order valence-corrected chi connectivity index (χ3v) is 3.81. The molecule has 0 aromatic heterocycles. The topological polar surface area (TPSA) is 61.8 Å². The van der Waals surface area contributed by atoms with Crippen LogP contribution in [0.25, 0.3) is 0 Å². The molecule has 0 saturated carbocycles. The number of carbonyl (C=O) groups is 2. The van der Waals surface area contributed by atoms with Crippen molar-refractivity contribution >= 4 is 12.3 Å². The van der Waals surface area contributed by atoms with Crippen LogP contribution in [0.2, 0.25) is 0 Å². The van der Waals surface area contributed by atoms with E-state index in [0.29, 0.717) is 36.5 Å². The van der Waals surface area contributed by atoms with Crippen LogP contribution in [-0.2, 0) is 4.74 Å². The van der Waals surface area contributed by atoms with Gasteiger partial charge >= 0.3 is 5.97 Å². The number of benzene rings is 2. The van der Waals surface area contributed by atoms with Gasteiger partial charge in [-0.2, -0.15) is 0 Å². The molecule has 0 amide bonds. The summed E-state index contributed by atoms with van der Waals surface area (Å²) in [6, 6.07) is 10.7. The zero-order chi connectivity index (χ0) is 18.2. The number of esters is 1. The number of methoxy groups -OCH3 is 1. The highest BCUT2D eigenvalue weighted by Crippen LogP contribution is 2.19. The Hall–Kier alpha value is -2.82. The van der Waals surface area contributed by atoms with Crippen molar-refractivity contribution in [2.24, 2.45) is 0 Å². The third-order valence-electron chi connectivity index (χ3n) is 3.81. The zero-order valence-electron chi connectivity index (χ0n) is 14.7. The molecule has 0 spiro atoms. The quantitative estimate of drug-likeness (QED) is 0.415. The molecule has 2 aromatic carbocycles. The van der Waals surface area contributed by atoms with E-state index >= 15 is 0 Å². The lowest BCUT2D eigenvalue weighted by Gasteiger charge is -2.11. The average Bonchev–Trinajstić information content (AvgIpc) is 2.62. The summed E-state index contributed by atoms with van der Waals surface area (Å²) < 4.78 is 16.1. The van der Waals surface area contributed by atoms with Gasteiger partial charge in [0.15, 0.2) is 0 Å². The second kappa shape index (κ2) is 8.87. The van der Waals surface area contributed by atoms with Crippen LogP contribution >= 0.6 is 0 Å². The van der Waals surface area contributed by atoms with Crippen molar-refractivity contribution in [2.75, 3.05) is 20.3 Å². The fourth-order valence-electron chi connectivity index (χ4n) is 2.33. The summed E-state index contributed by atoms with van der Waals surface area (Å²) in [5.41, 5.74) is 2.90. The van der Waals surface area contributed by atoms with Gasteiger partial charge in [0.25, 0.3) is 0 Å². The number of carbonyl (C=O) groups excluding carboxylic acids is 2. The highest BCUT2D eigenvalue weighted by molar-refractivity contribution is 5.91. The predicted octanol–water partition coefficient (Wildman–Crippen LogP) is 3.75. The van der Waals surface area contributed by atoms with E-state index in [1.807, 2.05) is 32.0 Å². The smallest absolute Gasteiger partial charge is 0.338 e. The molecule has 0 bridgehead atoms. The fraction of sp³-hybridized carbons (Fsp3) is 0.300. The number of ether oxygens (including phenoxy) is 3. The number of rotatable bonds is 8. The minimum Gasteiger partial charge on any atom is -0.493 e. The molecule has 0 heterocycles. The van der Waals surface area contributed by atoms with E-state index in [0.717, 1.165) is 23.2 Å². The first-order valence-corrected chi connectivity index (χ1v) is 8.05. The summed E-state index contributed by atoms with van der Waals surface area (Å²) in [6.45, 7) is 4.68. The maximum atomic E-state index is 11.7. The fourth-order valence-corrected chi connectivity index (χ4v) is 2.33. The zero-order valence-corrected chi connectivity index (χ0v) is 14.7. The molecule has 25 heavy (non-hydrogen) atoms. The normalized spacial score (nSPS) is 10.2. The maximum absolute atomic E-state index is 11.7. The Balaban J connectivity index is 1.80. The molecule has 0 radical (unpaired) electrons. The predicted molar refractivity (Wildman–Crippen MR) is 94.7 cm³/mol. The summed E-state index contributed by atoms with van der Waals surface area (Å²) in [7, 11) is 1.36. The Morgan fingerprint density at radius 3 is 2.20 bits per heavy atom. The third kappa shape index (κ3) is 5.08. The van der Waals surface area contributed by atoms with Crippen LogP contribution in [0.15, 0.2) is 36.4 Å².